The Morgan fingerprint density at radius 1 is 1.47 bits per heavy atom. The van der Waals surface area contributed by atoms with E-state index in [1.54, 1.807) is 18.2 Å². The maximum absolute atomic E-state index is 12.0. The molecule has 1 heterocycles. The molecule has 19 heavy (non-hydrogen) atoms. The normalized spacial score (nSPS) is 17.9. The van der Waals surface area contributed by atoms with E-state index in [1.807, 2.05) is 6.07 Å². The Hall–Kier alpha value is -1.55. The molecular formula is C15H22N2O2. The molecule has 1 unspecified atom stereocenters. The van der Waals surface area contributed by atoms with Crippen molar-refractivity contribution in [1.29, 1.82) is 0 Å². The van der Waals surface area contributed by atoms with Crippen LogP contribution in [0.4, 0.5) is 0 Å². The highest BCUT2D eigenvalue weighted by molar-refractivity contribution is 5.78. The molecule has 104 valence electrons. The van der Waals surface area contributed by atoms with Gasteiger partial charge in [0.1, 0.15) is 5.75 Å². The zero-order chi connectivity index (χ0) is 13.7. The third kappa shape index (κ3) is 4.24. The second kappa shape index (κ2) is 6.57. The van der Waals surface area contributed by atoms with Gasteiger partial charge in [0.05, 0.1) is 6.42 Å². The van der Waals surface area contributed by atoms with E-state index in [4.69, 9.17) is 0 Å². The molecule has 1 aliphatic heterocycles. The number of phenolic OH excluding ortho intramolecular Hbond substituents is 1. The van der Waals surface area contributed by atoms with Crippen molar-refractivity contribution in [3.63, 3.8) is 0 Å². The van der Waals surface area contributed by atoms with Crippen LogP contribution < -0.4 is 10.6 Å². The summed E-state index contributed by atoms with van der Waals surface area (Å²) in [4.78, 5) is 12.0. The SMILES string of the molecule is CC(NC(=O)Cc1cccc(O)c1)C1CCNCC1. The van der Waals surface area contributed by atoms with E-state index in [9.17, 15) is 9.90 Å². The van der Waals surface area contributed by atoms with Crippen LogP contribution in [0, 0.1) is 5.92 Å². The van der Waals surface area contributed by atoms with Gasteiger partial charge >= 0.3 is 0 Å². The van der Waals surface area contributed by atoms with Crippen LogP contribution in [0.3, 0.4) is 0 Å². The number of carbonyl (C=O) groups is 1. The van der Waals surface area contributed by atoms with Crippen LogP contribution in [0.15, 0.2) is 24.3 Å². The van der Waals surface area contributed by atoms with Crippen molar-refractivity contribution < 1.29 is 9.90 Å². The number of hydrogen-bond acceptors (Lipinski definition) is 3. The predicted molar refractivity (Wildman–Crippen MR) is 75.0 cm³/mol. The van der Waals surface area contributed by atoms with Crippen molar-refractivity contribution in [2.45, 2.75) is 32.2 Å². The average molecular weight is 262 g/mol. The number of piperidine rings is 1. The predicted octanol–water partition coefficient (Wildman–Crippen LogP) is 1.44. The van der Waals surface area contributed by atoms with Gasteiger partial charge in [0.25, 0.3) is 0 Å². The Bertz CT molecular complexity index is 428. The van der Waals surface area contributed by atoms with Gasteiger partial charge in [-0.2, -0.15) is 0 Å². The van der Waals surface area contributed by atoms with Gasteiger partial charge in [-0.25, -0.2) is 0 Å². The lowest BCUT2D eigenvalue weighted by molar-refractivity contribution is -0.121. The molecule has 3 N–H and O–H groups in total. The molecule has 1 fully saturated rings. The van der Waals surface area contributed by atoms with Gasteiger partial charge in [-0.15, -0.1) is 0 Å². The Kier molecular flexibility index (Phi) is 4.80. The first-order chi connectivity index (χ1) is 9.15. The summed E-state index contributed by atoms with van der Waals surface area (Å²) in [5, 5.41) is 15.8. The summed E-state index contributed by atoms with van der Waals surface area (Å²) in [5.74, 6) is 0.794. The Balaban J connectivity index is 1.83. The molecule has 2 rings (SSSR count). The van der Waals surface area contributed by atoms with Crippen LogP contribution >= 0.6 is 0 Å². The van der Waals surface area contributed by atoms with Crippen molar-refractivity contribution in [1.82, 2.24) is 10.6 Å². The number of hydrogen-bond donors (Lipinski definition) is 3. The molecule has 4 nitrogen and oxygen atoms in total. The molecule has 1 atom stereocenters. The highest BCUT2D eigenvalue weighted by atomic mass is 16.3. The van der Waals surface area contributed by atoms with Crippen molar-refractivity contribution >= 4 is 5.91 Å². The van der Waals surface area contributed by atoms with Crippen LogP contribution in [-0.2, 0) is 11.2 Å². The molecule has 4 heteroatoms. The molecule has 1 aliphatic rings. The molecule has 1 saturated heterocycles. The number of carbonyl (C=O) groups excluding carboxylic acids is 1. The van der Waals surface area contributed by atoms with Gasteiger partial charge in [0.2, 0.25) is 5.91 Å². The summed E-state index contributed by atoms with van der Waals surface area (Å²) in [5.41, 5.74) is 0.843. The molecule has 0 aliphatic carbocycles. The fourth-order valence-electron chi connectivity index (χ4n) is 2.62. The highest BCUT2D eigenvalue weighted by Crippen LogP contribution is 2.16. The maximum Gasteiger partial charge on any atom is 0.224 e. The number of phenols is 1. The van der Waals surface area contributed by atoms with Crippen molar-refractivity contribution in [2.75, 3.05) is 13.1 Å². The fourth-order valence-corrected chi connectivity index (χ4v) is 2.62. The third-order valence-electron chi connectivity index (χ3n) is 3.75. The summed E-state index contributed by atoms with van der Waals surface area (Å²) in [6.07, 6.45) is 2.56. The van der Waals surface area contributed by atoms with E-state index in [2.05, 4.69) is 17.6 Å². The van der Waals surface area contributed by atoms with Crippen LogP contribution in [0.1, 0.15) is 25.3 Å². The van der Waals surface area contributed by atoms with E-state index in [0.29, 0.717) is 12.3 Å². The molecule has 1 aromatic rings. The molecule has 0 spiro atoms. The third-order valence-corrected chi connectivity index (χ3v) is 3.75. The minimum Gasteiger partial charge on any atom is -0.508 e. The maximum atomic E-state index is 12.0. The second-order valence-corrected chi connectivity index (χ2v) is 5.29. The van der Waals surface area contributed by atoms with Crippen molar-refractivity contribution in [3.05, 3.63) is 29.8 Å². The monoisotopic (exact) mass is 262 g/mol. The van der Waals surface area contributed by atoms with E-state index < -0.39 is 0 Å². The lowest BCUT2D eigenvalue weighted by Crippen LogP contribution is -2.43. The van der Waals surface area contributed by atoms with Gasteiger partial charge in [0, 0.05) is 6.04 Å². The van der Waals surface area contributed by atoms with Crippen LogP contribution in [0.2, 0.25) is 0 Å². The molecule has 0 radical (unpaired) electrons. The summed E-state index contributed by atoms with van der Waals surface area (Å²) in [6.45, 7) is 4.16. The molecule has 0 saturated carbocycles. The first-order valence-corrected chi connectivity index (χ1v) is 6.93. The zero-order valence-corrected chi connectivity index (χ0v) is 11.4. The standard InChI is InChI=1S/C15H22N2O2/c1-11(13-5-7-16-8-6-13)17-15(19)10-12-3-2-4-14(18)9-12/h2-4,9,11,13,16,18H,5-8,10H2,1H3,(H,17,19). The molecule has 0 aromatic heterocycles. The number of aromatic hydroxyl groups is 1. The number of benzene rings is 1. The van der Waals surface area contributed by atoms with Crippen LogP contribution in [0.25, 0.3) is 0 Å². The second-order valence-electron chi connectivity index (χ2n) is 5.29. The lowest BCUT2D eigenvalue weighted by atomic mass is 9.91. The highest BCUT2D eigenvalue weighted by Gasteiger charge is 2.21. The van der Waals surface area contributed by atoms with Gasteiger partial charge in [-0.1, -0.05) is 12.1 Å². The first kappa shape index (κ1) is 13.9. The number of amides is 1. The Labute approximate surface area is 114 Å². The lowest BCUT2D eigenvalue weighted by Gasteiger charge is -2.28. The molecule has 1 aromatic carbocycles. The Morgan fingerprint density at radius 2 is 2.21 bits per heavy atom. The number of nitrogens with one attached hydrogen (secondary N) is 2. The largest absolute Gasteiger partial charge is 0.508 e. The van der Waals surface area contributed by atoms with Gasteiger partial charge in [-0.05, 0) is 56.5 Å². The van der Waals surface area contributed by atoms with E-state index in [1.165, 1.54) is 0 Å². The minimum atomic E-state index is 0.0247. The molecular weight excluding hydrogens is 240 g/mol. The average Bonchev–Trinajstić information content (AvgIpc) is 2.39. The quantitative estimate of drug-likeness (QED) is 0.769. The van der Waals surface area contributed by atoms with Gasteiger partial charge in [0.15, 0.2) is 0 Å². The fraction of sp³-hybridized carbons (Fsp3) is 0.533. The Morgan fingerprint density at radius 3 is 2.89 bits per heavy atom. The summed E-state index contributed by atoms with van der Waals surface area (Å²) >= 11 is 0. The topological polar surface area (TPSA) is 61.4 Å². The van der Waals surface area contributed by atoms with Crippen molar-refractivity contribution in [3.8, 4) is 5.75 Å². The summed E-state index contributed by atoms with van der Waals surface area (Å²) < 4.78 is 0. The van der Waals surface area contributed by atoms with Gasteiger partial charge in [-0.3, -0.25) is 4.79 Å². The van der Waals surface area contributed by atoms with Crippen molar-refractivity contribution in [2.24, 2.45) is 5.92 Å². The minimum absolute atomic E-state index is 0.0247. The van der Waals surface area contributed by atoms with Gasteiger partial charge < -0.3 is 15.7 Å². The van der Waals surface area contributed by atoms with Crippen LogP contribution in [0.5, 0.6) is 5.75 Å². The van der Waals surface area contributed by atoms with E-state index >= 15 is 0 Å². The molecule has 0 bridgehead atoms. The summed E-state index contributed by atoms with van der Waals surface area (Å²) in [6, 6.07) is 7.07. The smallest absolute Gasteiger partial charge is 0.224 e. The van der Waals surface area contributed by atoms with Crippen LogP contribution in [-0.4, -0.2) is 30.1 Å². The van der Waals surface area contributed by atoms with E-state index in [0.717, 1.165) is 31.5 Å². The first-order valence-electron chi connectivity index (χ1n) is 6.93. The molecule has 1 amide bonds. The van der Waals surface area contributed by atoms with E-state index in [-0.39, 0.29) is 17.7 Å². The number of rotatable bonds is 4. The zero-order valence-electron chi connectivity index (χ0n) is 11.4. The summed E-state index contributed by atoms with van der Waals surface area (Å²) in [7, 11) is 0.